The Labute approximate surface area is 151 Å². The van der Waals surface area contributed by atoms with E-state index in [1.54, 1.807) is 31.2 Å². The lowest BCUT2D eigenvalue weighted by atomic mass is 10.1. The molecule has 1 aromatic rings. The van der Waals surface area contributed by atoms with E-state index in [0.717, 1.165) is 13.0 Å². The van der Waals surface area contributed by atoms with Gasteiger partial charge in [-0.05, 0) is 70.1 Å². The van der Waals surface area contributed by atoms with Gasteiger partial charge in [0.15, 0.2) is 0 Å². The standard InChI is InChI=1S/C18H29N3O3S/c1-3-25(23,24)20(2)17-10-8-16(9-11-17)18(22)19-12-7-15-21-13-5-4-6-14-21/h8-11H,3-7,12-15H2,1-2H3,(H,19,22). The number of nitrogens with one attached hydrogen (secondary N) is 1. The summed E-state index contributed by atoms with van der Waals surface area (Å²) in [5, 5.41) is 2.93. The number of anilines is 1. The van der Waals surface area contributed by atoms with Gasteiger partial charge in [0.2, 0.25) is 10.0 Å². The maximum absolute atomic E-state index is 12.2. The summed E-state index contributed by atoms with van der Waals surface area (Å²) in [6, 6.07) is 6.65. The number of likely N-dealkylation sites (tertiary alicyclic amines) is 1. The molecule has 25 heavy (non-hydrogen) atoms. The van der Waals surface area contributed by atoms with Gasteiger partial charge < -0.3 is 10.2 Å². The Bertz CT molecular complexity index is 653. The van der Waals surface area contributed by atoms with E-state index >= 15 is 0 Å². The molecule has 0 bridgehead atoms. The van der Waals surface area contributed by atoms with Crippen LogP contribution in [0.25, 0.3) is 0 Å². The normalized spacial score (nSPS) is 15.8. The van der Waals surface area contributed by atoms with Crippen molar-refractivity contribution in [1.82, 2.24) is 10.2 Å². The monoisotopic (exact) mass is 367 g/mol. The number of nitrogens with zero attached hydrogens (tertiary/aromatic N) is 2. The summed E-state index contributed by atoms with van der Waals surface area (Å²) in [4.78, 5) is 14.6. The molecule has 2 rings (SSSR count). The van der Waals surface area contributed by atoms with Crippen LogP contribution in [-0.2, 0) is 10.0 Å². The minimum Gasteiger partial charge on any atom is -0.352 e. The van der Waals surface area contributed by atoms with E-state index in [0.29, 0.717) is 17.8 Å². The molecule has 0 atom stereocenters. The number of hydrogen-bond donors (Lipinski definition) is 1. The molecular formula is C18H29N3O3S. The highest BCUT2D eigenvalue weighted by Gasteiger charge is 2.16. The maximum atomic E-state index is 12.2. The highest BCUT2D eigenvalue weighted by molar-refractivity contribution is 7.92. The molecule has 7 heteroatoms. The smallest absolute Gasteiger partial charge is 0.251 e. The Morgan fingerprint density at radius 3 is 2.40 bits per heavy atom. The van der Waals surface area contributed by atoms with Gasteiger partial charge in [0.1, 0.15) is 0 Å². The minimum absolute atomic E-state index is 0.0444. The van der Waals surface area contributed by atoms with Gasteiger partial charge in [0, 0.05) is 19.2 Å². The first kappa shape index (κ1) is 19.7. The Kier molecular flexibility index (Phi) is 7.25. The minimum atomic E-state index is -3.28. The van der Waals surface area contributed by atoms with Crippen LogP contribution >= 0.6 is 0 Å². The van der Waals surface area contributed by atoms with Crippen molar-refractivity contribution < 1.29 is 13.2 Å². The molecule has 6 nitrogen and oxygen atoms in total. The Morgan fingerprint density at radius 2 is 1.80 bits per heavy atom. The fourth-order valence-electron chi connectivity index (χ4n) is 2.97. The number of benzene rings is 1. The van der Waals surface area contributed by atoms with Crippen molar-refractivity contribution >= 4 is 21.6 Å². The molecule has 1 amide bonds. The van der Waals surface area contributed by atoms with E-state index in [-0.39, 0.29) is 11.7 Å². The van der Waals surface area contributed by atoms with Crippen molar-refractivity contribution in [2.75, 3.05) is 43.3 Å². The molecule has 0 unspecified atom stereocenters. The number of piperidine rings is 1. The third-order valence-corrected chi connectivity index (χ3v) is 6.44. The van der Waals surface area contributed by atoms with Crippen molar-refractivity contribution in [1.29, 1.82) is 0 Å². The van der Waals surface area contributed by atoms with Crippen molar-refractivity contribution in [2.24, 2.45) is 0 Å². The summed E-state index contributed by atoms with van der Waals surface area (Å²) in [5.41, 5.74) is 1.10. The van der Waals surface area contributed by atoms with E-state index in [4.69, 9.17) is 0 Å². The number of sulfonamides is 1. The zero-order chi connectivity index (χ0) is 18.3. The Balaban J connectivity index is 1.79. The highest BCUT2D eigenvalue weighted by Crippen LogP contribution is 2.17. The van der Waals surface area contributed by atoms with Gasteiger partial charge in [0.25, 0.3) is 5.91 Å². The number of hydrogen-bond acceptors (Lipinski definition) is 4. The quantitative estimate of drug-likeness (QED) is 0.714. The highest BCUT2D eigenvalue weighted by atomic mass is 32.2. The second-order valence-corrected chi connectivity index (χ2v) is 8.72. The number of amides is 1. The molecule has 1 N–H and O–H groups in total. The molecule has 1 aliphatic heterocycles. The summed E-state index contributed by atoms with van der Waals surface area (Å²) in [6.07, 6.45) is 4.83. The average molecular weight is 368 g/mol. The molecule has 0 radical (unpaired) electrons. The van der Waals surface area contributed by atoms with Gasteiger partial charge in [-0.1, -0.05) is 6.42 Å². The topological polar surface area (TPSA) is 69.7 Å². The predicted molar refractivity (Wildman–Crippen MR) is 102 cm³/mol. The third-order valence-electron chi connectivity index (χ3n) is 4.66. The van der Waals surface area contributed by atoms with Crippen LogP contribution in [-0.4, -0.2) is 58.2 Å². The van der Waals surface area contributed by atoms with E-state index in [2.05, 4.69) is 10.2 Å². The predicted octanol–water partition coefficient (Wildman–Crippen LogP) is 2.08. The van der Waals surface area contributed by atoms with Crippen LogP contribution in [0.3, 0.4) is 0 Å². The fraction of sp³-hybridized carbons (Fsp3) is 0.611. The van der Waals surface area contributed by atoms with Gasteiger partial charge in [0.05, 0.1) is 11.4 Å². The van der Waals surface area contributed by atoms with Crippen molar-refractivity contribution in [3.05, 3.63) is 29.8 Å². The molecule has 140 valence electrons. The largest absolute Gasteiger partial charge is 0.352 e. The molecule has 0 spiro atoms. The average Bonchev–Trinajstić information content (AvgIpc) is 2.65. The lowest BCUT2D eigenvalue weighted by Crippen LogP contribution is -2.33. The van der Waals surface area contributed by atoms with Crippen LogP contribution in [0.4, 0.5) is 5.69 Å². The van der Waals surface area contributed by atoms with Crippen LogP contribution in [0, 0.1) is 0 Å². The Hall–Kier alpha value is -1.60. The molecule has 0 saturated carbocycles. The second kappa shape index (κ2) is 9.20. The third kappa shape index (κ3) is 5.71. The van der Waals surface area contributed by atoms with Crippen molar-refractivity contribution in [2.45, 2.75) is 32.6 Å². The van der Waals surface area contributed by atoms with Crippen LogP contribution in [0.5, 0.6) is 0 Å². The van der Waals surface area contributed by atoms with Gasteiger partial charge >= 0.3 is 0 Å². The van der Waals surface area contributed by atoms with Crippen molar-refractivity contribution in [3.8, 4) is 0 Å². The van der Waals surface area contributed by atoms with E-state index < -0.39 is 10.0 Å². The summed E-state index contributed by atoms with van der Waals surface area (Å²) in [6.45, 7) is 5.63. The van der Waals surface area contributed by atoms with E-state index in [1.165, 1.54) is 43.7 Å². The molecule has 1 heterocycles. The molecule has 1 fully saturated rings. The van der Waals surface area contributed by atoms with E-state index in [9.17, 15) is 13.2 Å². The zero-order valence-corrected chi connectivity index (χ0v) is 16.0. The Morgan fingerprint density at radius 1 is 1.16 bits per heavy atom. The lowest BCUT2D eigenvalue weighted by molar-refractivity contribution is 0.0951. The summed E-state index contributed by atoms with van der Waals surface area (Å²) in [5.74, 6) is -0.0749. The van der Waals surface area contributed by atoms with Crippen LogP contribution in [0.2, 0.25) is 0 Å². The van der Waals surface area contributed by atoms with Gasteiger partial charge in [-0.25, -0.2) is 8.42 Å². The molecule has 1 aliphatic rings. The first-order valence-corrected chi connectivity index (χ1v) is 10.6. The van der Waals surface area contributed by atoms with Crippen LogP contribution in [0.15, 0.2) is 24.3 Å². The number of carbonyl (C=O) groups is 1. The number of rotatable bonds is 8. The second-order valence-electron chi connectivity index (χ2n) is 6.43. The van der Waals surface area contributed by atoms with Gasteiger partial charge in [-0.3, -0.25) is 9.10 Å². The summed E-state index contributed by atoms with van der Waals surface area (Å²) < 4.78 is 25.0. The fourth-order valence-corrected chi connectivity index (χ4v) is 3.80. The molecular weight excluding hydrogens is 338 g/mol. The molecule has 1 aromatic carbocycles. The lowest BCUT2D eigenvalue weighted by Gasteiger charge is -2.26. The van der Waals surface area contributed by atoms with E-state index in [1.807, 2.05) is 0 Å². The number of carbonyl (C=O) groups excluding carboxylic acids is 1. The summed E-state index contributed by atoms with van der Waals surface area (Å²) >= 11 is 0. The zero-order valence-electron chi connectivity index (χ0n) is 15.2. The first-order valence-electron chi connectivity index (χ1n) is 9.01. The van der Waals surface area contributed by atoms with Gasteiger partial charge in [-0.15, -0.1) is 0 Å². The molecule has 0 aromatic heterocycles. The van der Waals surface area contributed by atoms with Crippen molar-refractivity contribution in [3.63, 3.8) is 0 Å². The SMILES string of the molecule is CCS(=O)(=O)N(C)c1ccc(C(=O)NCCCN2CCCCC2)cc1. The van der Waals surface area contributed by atoms with Crippen LogP contribution in [0.1, 0.15) is 43.0 Å². The first-order chi connectivity index (χ1) is 11.9. The van der Waals surface area contributed by atoms with Crippen LogP contribution < -0.4 is 9.62 Å². The van der Waals surface area contributed by atoms with Gasteiger partial charge in [-0.2, -0.15) is 0 Å². The summed E-state index contributed by atoms with van der Waals surface area (Å²) in [7, 11) is -1.76. The molecule has 0 aliphatic carbocycles. The maximum Gasteiger partial charge on any atom is 0.251 e. The molecule has 1 saturated heterocycles.